The van der Waals surface area contributed by atoms with Gasteiger partial charge in [0.05, 0.1) is 22.6 Å². The lowest BCUT2D eigenvalue weighted by Crippen LogP contribution is -2.11. The lowest BCUT2D eigenvalue weighted by Gasteiger charge is -2.17. The second-order valence-electron chi connectivity index (χ2n) is 4.96. The van der Waals surface area contributed by atoms with Gasteiger partial charge in [0.15, 0.2) is 0 Å². The fraction of sp³-hybridized carbons (Fsp3) is 0.125. The molecular weight excluding hydrogens is 305 g/mol. The van der Waals surface area contributed by atoms with Gasteiger partial charge in [0.2, 0.25) is 0 Å². The van der Waals surface area contributed by atoms with Crippen LogP contribution in [-0.4, -0.2) is 14.8 Å². The molecule has 2 heterocycles. The first-order valence-corrected chi connectivity index (χ1v) is 6.85. The number of halogens is 3. The maximum Gasteiger partial charge on any atom is 0.419 e. The molecule has 0 aliphatic rings. The van der Waals surface area contributed by atoms with Gasteiger partial charge in [0.1, 0.15) is 0 Å². The van der Waals surface area contributed by atoms with Crippen LogP contribution in [0.1, 0.15) is 11.3 Å². The van der Waals surface area contributed by atoms with Crippen LogP contribution in [0.5, 0.6) is 0 Å². The molecule has 23 heavy (non-hydrogen) atoms. The van der Waals surface area contributed by atoms with Crippen molar-refractivity contribution in [3.05, 3.63) is 66.2 Å². The SMILES string of the molecule is Cc1cc(Nc2ccccc2-n2cccn2)c(C(F)(F)F)cn1. The Morgan fingerprint density at radius 1 is 1.09 bits per heavy atom. The Bertz CT molecular complexity index is 810. The monoisotopic (exact) mass is 318 g/mol. The van der Waals surface area contributed by atoms with Gasteiger partial charge in [-0.2, -0.15) is 18.3 Å². The Hall–Kier alpha value is -2.83. The van der Waals surface area contributed by atoms with E-state index in [4.69, 9.17) is 0 Å². The number of aryl methyl sites for hydroxylation is 1. The Kier molecular flexibility index (Phi) is 3.77. The Labute approximate surface area is 130 Å². The Balaban J connectivity index is 2.06. The van der Waals surface area contributed by atoms with E-state index < -0.39 is 11.7 Å². The first-order valence-electron chi connectivity index (χ1n) is 6.85. The molecule has 7 heteroatoms. The molecule has 1 aromatic carbocycles. The predicted molar refractivity (Wildman–Crippen MR) is 80.8 cm³/mol. The van der Waals surface area contributed by atoms with E-state index in [-0.39, 0.29) is 5.69 Å². The first kappa shape index (κ1) is 15.1. The quantitative estimate of drug-likeness (QED) is 0.781. The molecule has 0 aliphatic heterocycles. The minimum atomic E-state index is -4.48. The van der Waals surface area contributed by atoms with E-state index in [0.717, 1.165) is 6.20 Å². The zero-order valence-electron chi connectivity index (χ0n) is 12.2. The van der Waals surface area contributed by atoms with Crippen LogP contribution in [-0.2, 0) is 6.18 Å². The topological polar surface area (TPSA) is 42.7 Å². The number of alkyl halides is 3. The molecule has 118 valence electrons. The molecule has 2 aromatic heterocycles. The van der Waals surface area contributed by atoms with E-state index in [1.54, 1.807) is 54.3 Å². The molecule has 1 N–H and O–H groups in total. The van der Waals surface area contributed by atoms with Crippen LogP contribution in [0.4, 0.5) is 24.5 Å². The molecule has 0 bridgehead atoms. The van der Waals surface area contributed by atoms with Gasteiger partial charge >= 0.3 is 6.18 Å². The third-order valence-electron chi connectivity index (χ3n) is 3.27. The van der Waals surface area contributed by atoms with Crippen LogP contribution >= 0.6 is 0 Å². The molecule has 0 unspecified atom stereocenters. The zero-order valence-corrected chi connectivity index (χ0v) is 12.2. The molecule has 3 rings (SSSR count). The largest absolute Gasteiger partial charge is 0.419 e. The number of hydrogen-bond acceptors (Lipinski definition) is 3. The molecule has 4 nitrogen and oxygen atoms in total. The summed E-state index contributed by atoms with van der Waals surface area (Å²) in [7, 11) is 0. The smallest absolute Gasteiger partial charge is 0.353 e. The summed E-state index contributed by atoms with van der Waals surface area (Å²) in [4.78, 5) is 3.74. The lowest BCUT2D eigenvalue weighted by atomic mass is 10.2. The normalized spacial score (nSPS) is 11.5. The van der Waals surface area contributed by atoms with Gasteiger partial charge in [-0.05, 0) is 31.2 Å². The average molecular weight is 318 g/mol. The van der Waals surface area contributed by atoms with E-state index >= 15 is 0 Å². The molecule has 3 aromatic rings. The molecule has 0 atom stereocenters. The van der Waals surface area contributed by atoms with E-state index in [9.17, 15) is 13.2 Å². The van der Waals surface area contributed by atoms with Crippen LogP contribution in [0, 0.1) is 6.92 Å². The second-order valence-corrected chi connectivity index (χ2v) is 4.96. The van der Waals surface area contributed by atoms with E-state index in [2.05, 4.69) is 15.4 Å². The summed E-state index contributed by atoms with van der Waals surface area (Å²) in [6.07, 6.45) is -0.310. The van der Waals surface area contributed by atoms with Crippen molar-refractivity contribution in [2.75, 3.05) is 5.32 Å². The highest BCUT2D eigenvalue weighted by Crippen LogP contribution is 2.36. The van der Waals surface area contributed by atoms with Gasteiger partial charge in [0.25, 0.3) is 0 Å². The minimum Gasteiger partial charge on any atom is -0.353 e. The highest BCUT2D eigenvalue weighted by molar-refractivity contribution is 5.71. The van der Waals surface area contributed by atoms with Crippen molar-refractivity contribution >= 4 is 11.4 Å². The van der Waals surface area contributed by atoms with Crippen LogP contribution < -0.4 is 5.32 Å². The lowest BCUT2D eigenvalue weighted by molar-refractivity contribution is -0.137. The number of anilines is 2. The van der Waals surface area contributed by atoms with Crippen molar-refractivity contribution in [3.8, 4) is 5.69 Å². The summed E-state index contributed by atoms with van der Waals surface area (Å²) >= 11 is 0. The molecule has 0 spiro atoms. The maximum atomic E-state index is 13.2. The standard InChI is InChI=1S/C16H13F3N4/c1-11-9-14(12(10-20-11)16(17,18)19)22-13-5-2-3-6-15(13)23-8-4-7-21-23/h2-10H,1H3,(H,20,22). The maximum absolute atomic E-state index is 13.2. The molecular formula is C16H13F3N4. The zero-order chi connectivity index (χ0) is 16.4. The fourth-order valence-electron chi connectivity index (χ4n) is 2.22. The number of rotatable bonds is 3. The second kappa shape index (κ2) is 5.75. The predicted octanol–water partition coefficient (Wildman–Crippen LogP) is 4.34. The van der Waals surface area contributed by atoms with Crippen molar-refractivity contribution in [3.63, 3.8) is 0 Å². The number of nitrogens with one attached hydrogen (secondary N) is 1. The third-order valence-corrected chi connectivity index (χ3v) is 3.27. The van der Waals surface area contributed by atoms with Crippen LogP contribution in [0.2, 0.25) is 0 Å². The van der Waals surface area contributed by atoms with E-state index in [1.807, 2.05) is 0 Å². The third kappa shape index (κ3) is 3.18. The van der Waals surface area contributed by atoms with Gasteiger partial charge in [-0.15, -0.1) is 0 Å². The van der Waals surface area contributed by atoms with Crippen LogP contribution in [0.15, 0.2) is 55.0 Å². The van der Waals surface area contributed by atoms with Crippen molar-refractivity contribution in [1.82, 2.24) is 14.8 Å². The molecule has 0 radical (unpaired) electrons. The van der Waals surface area contributed by atoms with Gasteiger partial charge < -0.3 is 5.32 Å². The number of benzene rings is 1. The number of pyridine rings is 1. The van der Waals surface area contributed by atoms with Gasteiger partial charge in [-0.1, -0.05) is 12.1 Å². The summed E-state index contributed by atoms with van der Waals surface area (Å²) < 4.78 is 41.1. The summed E-state index contributed by atoms with van der Waals surface area (Å²) in [5, 5.41) is 6.98. The van der Waals surface area contributed by atoms with Gasteiger partial charge in [-0.25, -0.2) is 4.68 Å². The summed E-state index contributed by atoms with van der Waals surface area (Å²) in [6.45, 7) is 1.64. The van der Waals surface area contributed by atoms with Gasteiger partial charge in [-0.3, -0.25) is 4.98 Å². The van der Waals surface area contributed by atoms with Crippen molar-refractivity contribution < 1.29 is 13.2 Å². The van der Waals surface area contributed by atoms with Crippen molar-refractivity contribution in [1.29, 1.82) is 0 Å². The van der Waals surface area contributed by atoms with Crippen LogP contribution in [0.25, 0.3) is 5.69 Å². The molecule has 0 amide bonds. The van der Waals surface area contributed by atoms with E-state index in [0.29, 0.717) is 17.1 Å². The van der Waals surface area contributed by atoms with Gasteiger partial charge in [0, 0.05) is 24.3 Å². The molecule has 0 saturated carbocycles. The number of hydrogen-bond donors (Lipinski definition) is 1. The van der Waals surface area contributed by atoms with E-state index in [1.165, 1.54) is 6.07 Å². The first-order chi connectivity index (χ1) is 10.9. The number of aromatic nitrogens is 3. The van der Waals surface area contributed by atoms with Crippen molar-refractivity contribution in [2.45, 2.75) is 13.1 Å². The molecule has 0 saturated heterocycles. The highest BCUT2D eigenvalue weighted by atomic mass is 19.4. The summed E-state index contributed by atoms with van der Waals surface area (Å²) in [6, 6.07) is 10.1. The Morgan fingerprint density at radius 3 is 2.57 bits per heavy atom. The fourth-order valence-corrected chi connectivity index (χ4v) is 2.22. The highest BCUT2D eigenvalue weighted by Gasteiger charge is 2.34. The minimum absolute atomic E-state index is 0.0374. The van der Waals surface area contributed by atoms with Crippen LogP contribution in [0.3, 0.4) is 0 Å². The van der Waals surface area contributed by atoms with Crippen molar-refractivity contribution in [2.24, 2.45) is 0 Å². The summed E-state index contributed by atoms with van der Waals surface area (Å²) in [5.41, 5.74) is 0.826. The summed E-state index contributed by atoms with van der Waals surface area (Å²) in [5.74, 6) is 0. The molecule has 0 fully saturated rings. The number of para-hydroxylation sites is 2. The Morgan fingerprint density at radius 2 is 1.87 bits per heavy atom. The average Bonchev–Trinajstić information content (AvgIpc) is 3.00. The molecule has 0 aliphatic carbocycles. The number of nitrogens with zero attached hydrogens (tertiary/aromatic N) is 3.